The fraction of sp³-hybridized carbons (Fsp3) is 0.222. The SMILES string of the molecule is Cc1c(Cl)cc(N)cc1-n1nnn(C)c1=O.Cc1c(Cl)cc([N+](=O)[O-])cc1-n1nnn(C)c1=O. The number of nitrogen functional groups attached to an aromatic ring is 1. The zero-order valence-electron chi connectivity index (χ0n) is 18.3. The van der Waals surface area contributed by atoms with Crippen molar-refractivity contribution >= 4 is 34.6 Å². The van der Waals surface area contributed by atoms with Crippen LogP contribution < -0.4 is 17.1 Å². The van der Waals surface area contributed by atoms with Gasteiger partial charge in [-0.25, -0.2) is 9.59 Å². The molecule has 0 aliphatic heterocycles. The maximum Gasteiger partial charge on any atom is 0.368 e. The van der Waals surface area contributed by atoms with E-state index in [1.54, 1.807) is 26.0 Å². The zero-order chi connectivity index (χ0) is 25.3. The third-order valence-electron chi connectivity index (χ3n) is 4.75. The lowest BCUT2D eigenvalue weighted by molar-refractivity contribution is -0.384. The molecule has 0 amide bonds. The molecule has 0 saturated heterocycles. The second-order valence-electron chi connectivity index (χ2n) is 7.07. The highest BCUT2D eigenvalue weighted by atomic mass is 35.5. The second kappa shape index (κ2) is 9.44. The Morgan fingerprint density at radius 1 is 0.824 bits per heavy atom. The van der Waals surface area contributed by atoms with Gasteiger partial charge in [-0.05, 0) is 58.0 Å². The van der Waals surface area contributed by atoms with E-state index >= 15 is 0 Å². The summed E-state index contributed by atoms with van der Waals surface area (Å²) in [5, 5.41) is 26.0. The fourth-order valence-corrected chi connectivity index (χ4v) is 3.24. The van der Waals surface area contributed by atoms with Gasteiger partial charge in [-0.1, -0.05) is 23.2 Å². The third-order valence-corrected chi connectivity index (χ3v) is 5.54. The first-order chi connectivity index (χ1) is 15.9. The Bertz CT molecular complexity index is 1520. The summed E-state index contributed by atoms with van der Waals surface area (Å²) in [5.74, 6) is 0. The van der Waals surface area contributed by atoms with Gasteiger partial charge in [0.25, 0.3) is 5.69 Å². The molecule has 14 nitrogen and oxygen atoms in total. The summed E-state index contributed by atoms with van der Waals surface area (Å²) in [7, 11) is 2.95. The topological polar surface area (TPSA) is 175 Å². The van der Waals surface area contributed by atoms with Gasteiger partial charge in [0.1, 0.15) is 0 Å². The van der Waals surface area contributed by atoms with E-state index in [4.69, 9.17) is 28.9 Å². The number of tetrazole rings is 2. The molecule has 4 aromatic rings. The van der Waals surface area contributed by atoms with E-state index in [9.17, 15) is 19.7 Å². The Hall–Kier alpha value is -4.04. The van der Waals surface area contributed by atoms with Gasteiger partial charge in [0.2, 0.25) is 0 Å². The molecule has 0 bridgehead atoms. The van der Waals surface area contributed by atoms with Crippen LogP contribution in [0.5, 0.6) is 0 Å². The molecular weight excluding hydrogens is 491 g/mol. The molecule has 0 radical (unpaired) electrons. The van der Waals surface area contributed by atoms with Crippen LogP contribution in [0.3, 0.4) is 0 Å². The highest BCUT2D eigenvalue weighted by molar-refractivity contribution is 6.32. The molecule has 2 aromatic heterocycles. The average Bonchev–Trinajstić information content (AvgIpc) is 3.28. The Morgan fingerprint density at radius 2 is 1.26 bits per heavy atom. The Labute approximate surface area is 200 Å². The van der Waals surface area contributed by atoms with Crippen LogP contribution >= 0.6 is 23.2 Å². The van der Waals surface area contributed by atoms with Crippen molar-refractivity contribution in [2.24, 2.45) is 14.1 Å². The summed E-state index contributed by atoms with van der Waals surface area (Å²) in [4.78, 5) is 33.5. The summed E-state index contributed by atoms with van der Waals surface area (Å²) in [6.45, 7) is 3.43. The smallest absolute Gasteiger partial charge is 0.368 e. The van der Waals surface area contributed by atoms with Gasteiger partial charge in [0, 0.05) is 36.9 Å². The van der Waals surface area contributed by atoms with E-state index in [0.717, 1.165) is 24.3 Å². The molecule has 0 saturated carbocycles. The van der Waals surface area contributed by atoms with Crippen molar-refractivity contribution in [3.05, 3.63) is 76.5 Å². The molecule has 0 spiro atoms. The predicted molar refractivity (Wildman–Crippen MR) is 124 cm³/mol. The first-order valence-corrected chi connectivity index (χ1v) is 10.2. The highest BCUT2D eigenvalue weighted by Gasteiger charge is 2.17. The maximum atomic E-state index is 11.7. The van der Waals surface area contributed by atoms with Gasteiger partial charge in [-0.3, -0.25) is 10.1 Å². The van der Waals surface area contributed by atoms with E-state index in [-0.39, 0.29) is 22.1 Å². The van der Waals surface area contributed by atoms with Gasteiger partial charge in [0.05, 0.1) is 21.3 Å². The monoisotopic (exact) mass is 508 g/mol. The number of hydrogen-bond acceptors (Lipinski definition) is 9. The number of benzene rings is 2. The normalized spacial score (nSPS) is 10.6. The van der Waals surface area contributed by atoms with Crippen LogP contribution in [0.2, 0.25) is 10.0 Å². The number of nitrogens with zero attached hydrogens (tertiary/aromatic N) is 9. The Balaban J connectivity index is 0.000000192. The van der Waals surface area contributed by atoms with E-state index in [0.29, 0.717) is 22.0 Å². The number of nitro benzene ring substituents is 1. The van der Waals surface area contributed by atoms with Crippen molar-refractivity contribution in [3.8, 4) is 11.4 Å². The summed E-state index contributed by atoms with van der Waals surface area (Å²) >= 11 is 11.9. The van der Waals surface area contributed by atoms with Crippen LogP contribution in [0.4, 0.5) is 11.4 Å². The van der Waals surface area contributed by atoms with E-state index in [1.165, 1.54) is 26.2 Å². The number of hydrogen-bond donors (Lipinski definition) is 1. The minimum atomic E-state index is -0.587. The molecule has 0 aliphatic rings. The molecule has 0 atom stereocenters. The number of halogens is 2. The lowest BCUT2D eigenvalue weighted by Crippen LogP contribution is -2.22. The number of nitrogens with two attached hydrogens (primary N) is 1. The number of non-ortho nitro benzene ring substituents is 1. The summed E-state index contributed by atoms with van der Waals surface area (Å²) in [6.07, 6.45) is 0. The molecule has 2 heterocycles. The Kier molecular flexibility index (Phi) is 6.83. The number of anilines is 1. The molecule has 178 valence electrons. The van der Waals surface area contributed by atoms with Crippen molar-refractivity contribution in [1.29, 1.82) is 0 Å². The van der Waals surface area contributed by atoms with Crippen molar-refractivity contribution in [2.75, 3.05) is 5.73 Å². The first-order valence-electron chi connectivity index (χ1n) is 9.41. The zero-order valence-corrected chi connectivity index (χ0v) is 19.8. The van der Waals surface area contributed by atoms with E-state index < -0.39 is 10.6 Å². The molecule has 34 heavy (non-hydrogen) atoms. The number of rotatable bonds is 3. The van der Waals surface area contributed by atoms with Crippen LogP contribution in [0.15, 0.2) is 33.9 Å². The van der Waals surface area contributed by atoms with E-state index in [2.05, 4.69) is 20.9 Å². The molecule has 0 aliphatic carbocycles. The molecule has 2 N–H and O–H groups in total. The molecule has 2 aromatic carbocycles. The number of aryl methyl sites for hydroxylation is 2. The van der Waals surface area contributed by atoms with Crippen molar-refractivity contribution in [1.82, 2.24) is 39.6 Å². The van der Waals surface area contributed by atoms with Crippen molar-refractivity contribution in [2.45, 2.75) is 13.8 Å². The quantitative estimate of drug-likeness (QED) is 0.243. The lowest BCUT2D eigenvalue weighted by Gasteiger charge is -2.06. The van der Waals surface area contributed by atoms with Gasteiger partial charge >= 0.3 is 11.4 Å². The van der Waals surface area contributed by atoms with Crippen LogP contribution in [0.1, 0.15) is 11.1 Å². The van der Waals surface area contributed by atoms with Crippen LogP contribution in [0, 0.1) is 24.0 Å². The summed E-state index contributed by atoms with van der Waals surface area (Å²) in [5.41, 5.74) is 7.13. The summed E-state index contributed by atoms with van der Waals surface area (Å²) in [6, 6.07) is 5.72. The Morgan fingerprint density at radius 3 is 1.68 bits per heavy atom. The molecule has 0 unspecified atom stereocenters. The largest absolute Gasteiger partial charge is 0.399 e. The highest BCUT2D eigenvalue weighted by Crippen LogP contribution is 2.27. The van der Waals surface area contributed by atoms with Crippen LogP contribution in [-0.4, -0.2) is 44.5 Å². The molecule has 0 fully saturated rings. The van der Waals surface area contributed by atoms with Crippen LogP contribution in [-0.2, 0) is 14.1 Å². The molecule has 16 heteroatoms. The first kappa shape index (κ1) is 24.6. The predicted octanol–water partition coefficient (Wildman–Crippen LogP) is 1.35. The van der Waals surface area contributed by atoms with E-state index in [1.807, 2.05) is 0 Å². The fourth-order valence-electron chi connectivity index (χ4n) is 2.81. The maximum absolute atomic E-state index is 11.7. The van der Waals surface area contributed by atoms with Gasteiger partial charge < -0.3 is 5.73 Å². The van der Waals surface area contributed by atoms with Gasteiger partial charge in [-0.2, -0.15) is 18.7 Å². The molecule has 4 rings (SSSR count). The van der Waals surface area contributed by atoms with Gasteiger partial charge in [0.15, 0.2) is 0 Å². The average molecular weight is 509 g/mol. The van der Waals surface area contributed by atoms with Crippen molar-refractivity contribution in [3.63, 3.8) is 0 Å². The standard InChI is InChI=1S/C9H8ClN5O3.C9H10ClN5O/c1-5-7(10)3-6(15(17)18)4-8(5)14-9(16)13(2)11-12-14;1-5-7(10)3-6(11)4-8(5)15-9(16)14(2)12-13-15/h3-4H,1-2H3;3-4H,11H2,1-2H3. The minimum Gasteiger partial charge on any atom is -0.399 e. The number of nitro groups is 1. The minimum absolute atomic E-state index is 0.191. The van der Waals surface area contributed by atoms with Crippen molar-refractivity contribution < 1.29 is 4.92 Å². The second-order valence-corrected chi connectivity index (χ2v) is 7.88. The summed E-state index contributed by atoms with van der Waals surface area (Å²) < 4.78 is 4.29. The third kappa shape index (κ3) is 4.67. The molecular formula is C18H18Cl2N10O4. The van der Waals surface area contributed by atoms with Gasteiger partial charge in [-0.15, -0.1) is 0 Å². The van der Waals surface area contributed by atoms with Crippen LogP contribution in [0.25, 0.3) is 11.4 Å². The lowest BCUT2D eigenvalue weighted by atomic mass is 10.2. The number of aromatic nitrogens is 8.